The normalized spacial score (nSPS) is 12.3. The molecular formula is C30H33Cl3N4O7S. The Hall–Kier alpha value is -3.58. The van der Waals surface area contributed by atoms with Crippen LogP contribution >= 0.6 is 34.8 Å². The fraction of sp³-hybridized carbons (Fsp3) is 0.333. The number of nitro benzene ring substituents is 1. The molecule has 0 spiro atoms. The summed E-state index contributed by atoms with van der Waals surface area (Å²) in [5.74, 6) is -1.22. The number of ether oxygens (including phenoxy) is 1. The lowest BCUT2D eigenvalue weighted by atomic mass is 10.1. The van der Waals surface area contributed by atoms with Crippen LogP contribution in [-0.2, 0) is 26.2 Å². The summed E-state index contributed by atoms with van der Waals surface area (Å²) < 4.78 is 34.6. The summed E-state index contributed by atoms with van der Waals surface area (Å²) in [6.07, 6.45) is 0. The van der Waals surface area contributed by atoms with E-state index in [2.05, 4.69) is 5.32 Å². The van der Waals surface area contributed by atoms with Crippen molar-refractivity contribution in [1.82, 2.24) is 10.2 Å². The summed E-state index contributed by atoms with van der Waals surface area (Å²) in [5.41, 5.74) is -0.466. The summed E-state index contributed by atoms with van der Waals surface area (Å²) in [5, 5.41) is 15.2. The van der Waals surface area contributed by atoms with Crippen LogP contribution in [0, 0.1) is 17.0 Å². The lowest BCUT2D eigenvalue weighted by molar-refractivity contribution is -0.385. The monoisotopic (exact) mass is 698 g/mol. The molecule has 242 valence electrons. The molecule has 0 heterocycles. The van der Waals surface area contributed by atoms with Gasteiger partial charge in [-0.25, -0.2) is 8.42 Å². The predicted octanol–water partition coefficient (Wildman–Crippen LogP) is 6.40. The van der Waals surface area contributed by atoms with Crippen LogP contribution in [0.25, 0.3) is 0 Å². The van der Waals surface area contributed by atoms with Gasteiger partial charge in [-0.15, -0.1) is 0 Å². The van der Waals surface area contributed by atoms with Gasteiger partial charge in [0, 0.05) is 38.8 Å². The molecule has 0 aliphatic heterocycles. The molecule has 0 fully saturated rings. The second kappa shape index (κ2) is 14.2. The highest BCUT2D eigenvalue weighted by Gasteiger charge is 2.35. The van der Waals surface area contributed by atoms with Crippen molar-refractivity contribution >= 4 is 68.0 Å². The third-order valence-corrected chi connectivity index (χ3v) is 9.25. The van der Waals surface area contributed by atoms with Crippen molar-refractivity contribution in [1.29, 1.82) is 0 Å². The maximum Gasteiger partial charge on any atom is 0.273 e. The molecule has 0 saturated heterocycles. The zero-order valence-corrected chi connectivity index (χ0v) is 28.5. The largest absolute Gasteiger partial charge is 0.495 e. The van der Waals surface area contributed by atoms with Crippen molar-refractivity contribution in [2.75, 3.05) is 18.0 Å². The maximum atomic E-state index is 14.2. The molecule has 3 aromatic carbocycles. The fourth-order valence-corrected chi connectivity index (χ4v) is 6.41. The number of methoxy groups -OCH3 is 1. The van der Waals surface area contributed by atoms with E-state index < -0.39 is 55.5 Å². The molecule has 0 aliphatic rings. The Labute approximate surface area is 277 Å². The molecule has 0 unspecified atom stereocenters. The molecule has 0 bridgehead atoms. The minimum atomic E-state index is -4.67. The number of aryl methyl sites for hydroxylation is 1. The number of rotatable bonds is 11. The van der Waals surface area contributed by atoms with Crippen LogP contribution in [0.3, 0.4) is 0 Å². The Morgan fingerprint density at radius 3 is 2.22 bits per heavy atom. The predicted molar refractivity (Wildman–Crippen MR) is 175 cm³/mol. The van der Waals surface area contributed by atoms with Crippen molar-refractivity contribution in [2.45, 2.75) is 57.6 Å². The van der Waals surface area contributed by atoms with Gasteiger partial charge in [0.25, 0.3) is 15.7 Å². The first-order chi connectivity index (χ1) is 20.8. The average molecular weight is 700 g/mol. The first kappa shape index (κ1) is 35.9. The Balaban J connectivity index is 2.19. The Morgan fingerprint density at radius 1 is 1.02 bits per heavy atom. The van der Waals surface area contributed by atoms with Gasteiger partial charge in [-0.3, -0.25) is 24.0 Å². The number of carbonyl (C=O) groups excluding carboxylic acids is 2. The van der Waals surface area contributed by atoms with Gasteiger partial charge in [-0.2, -0.15) is 0 Å². The van der Waals surface area contributed by atoms with Crippen molar-refractivity contribution < 1.29 is 27.7 Å². The van der Waals surface area contributed by atoms with Gasteiger partial charge in [0.05, 0.1) is 22.6 Å². The lowest BCUT2D eigenvalue weighted by Gasteiger charge is -2.34. The first-order valence-corrected chi connectivity index (χ1v) is 16.1. The minimum Gasteiger partial charge on any atom is -0.495 e. The Bertz CT molecular complexity index is 1730. The van der Waals surface area contributed by atoms with Crippen LogP contribution in [-0.4, -0.2) is 55.3 Å². The molecule has 0 aromatic heterocycles. The van der Waals surface area contributed by atoms with E-state index in [0.717, 1.165) is 10.4 Å². The number of carbonyl (C=O) groups is 2. The van der Waals surface area contributed by atoms with Gasteiger partial charge in [0.2, 0.25) is 11.8 Å². The van der Waals surface area contributed by atoms with Crippen molar-refractivity contribution in [3.05, 3.63) is 90.9 Å². The van der Waals surface area contributed by atoms with Gasteiger partial charge < -0.3 is 15.0 Å². The number of nitrogens with zero attached hydrogens (tertiary/aromatic N) is 3. The molecular weight excluding hydrogens is 667 g/mol. The van der Waals surface area contributed by atoms with Crippen LogP contribution in [0.1, 0.15) is 38.8 Å². The number of halogens is 3. The standard InChI is InChI=1S/C30H33Cl3N4O7S/c1-18-7-11-23(15-25(18)37(40)41)45(42,43)36(26-14-22(32)10-12-27(26)44-6)17-28(38)35(19(2)29(39)34-30(3,4)5)16-20-8-9-21(31)13-24(20)33/h7-15,19H,16-17H2,1-6H3,(H,34,39)/t19-/m0/s1. The third-order valence-electron chi connectivity index (χ3n) is 6.68. The Morgan fingerprint density at radius 2 is 1.64 bits per heavy atom. The summed E-state index contributed by atoms with van der Waals surface area (Å²) in [6, 6.07) is 11.2. The van der Waals surface area contributed by atoms with Gasteiger partial charge in [-0.05, 0) is 76.6 Å². The molecule has 2 amide bonds. The number of amides is 2. The number of nitro groups is 1. The van der Waals surface area contributed by atoms with Crippen LogP contribution in [0.15, 0.2) is 59.5 Å². The quantitative estimate of drug-likeness (QED) is 0.181. The summed E-state index contributed by atoms with van der Waals surface area (Å²) in [6.45, 7) is 7.30. The van der Waals surface area contributed by atoms with Crippen LogP contribution in [0.5, 0.6) is 5.75 Å². The molecule has 1 N–H and O–H groups in total. The van der Waals surface area contributed by atoms with Gasteiger partial charge in [-0.1, -0.05) is 46.9 Å². The highest BCUT2D eigenvalue weighted by atomic mass is 35.5. The summed E-state index contributed by atoms with van der Waals surface area (Å²) >= 11 is 18.7. The number of nitrogens with one attached hydrogen (secondary N) is 1. The van der Waals surface area contributed by atoms with E-state index >= 15 is 0 Å². The van der Waals surface area contributed by atoms with E-state index in [-0.39, 0.29) is 33.6 Å². The van der Waals surface area contributed by atoms with Gasteiger partial charge in [0.15, 0.2) is 0 Å². The molecule has 11 nitrogen and oxygen atoms in total. The molecule has 3 aromatic rings. The zero-order chi connectivity index (χ0) is 33.9. The van der Waals surface area contributed by atoms with Gasteiger partial charge in [0.1, 0.15) is 18.3 Å². The molecule has 0 saturated carbocycles. The third kappa shape index (κ3) is 8.78. The van der Waals surface area contributed by atoms with E-state index in [1.165, 1.54) is 62.3 Å². The fourth-order valence-electron chi connectivity index (χ4n) is 4.34. The highest BCUT2D eigenvalue weighted by Crippen LogP contribution is 2.36. The number of hydrogen-bond donors (Lipinski definition) is 1. The maximum absolute atomic E-state index is 14.2. The van der Waals surface area contributed by atoms with E-state index in [0.29, 0.717) is 10.6 Å². The van der Waals surface area contributed by atoms with E-state index in [1.54, 1.807) is 32.9 Å². The van der Waals surface area contributed by atoms with E-state index in [1.807, 2.05) is 0 Å². The number of sulfonamides is 1. The van der Waals surface area contributed by atoms with Crippen LogP contribution in [0.2, 0.25) is 15.1 Å². The molecule has 15 heteroatoms. The molecule has 0 aliphatic carbocycles. The van der Waals surface area contributed by atoms with E-state index in [9.17, 15) is 28.1 Å². The number of hydrogen-bond acceptors (Lipinski definition) is 7. The SMILES string of the molecule is COc1ccc(Cl)cc1N(CC(=O)N(Cc1ccc(Cl)cc1Cl)[C@@H](C)C(=O)NC(C)(C)C)S(=O)(=O)c1ccc(C)c([N+](=O)[O-])c1. The first-order valence-electron chi connectivity index (χ1n) is 13.5. The topological polar surface area (TPSA) is 139 Å². The van der Waals surface area contributed by atoms with Crippen molar-refractivity contribution in [3.8, 4) is 5.75 Å². The van der Waals surface area contributed by atoms with Crippen molar-refractivity contribution in [3.63, 3.8) is 0 Å². The molecule has 1 atom stereocenters. The van der Waals surface area contributed by atoms with Crippen molar-refractivity contribution in [2.24, 2.45) is 0 Å². The molecule has 0 radical (unpaired) electrons. The minimum absolute atomic E-state index is 0.0585. The number of benzene rings is 3. The highest BCUT2D eigenvalue weighted by molar-refractivity contribution is 7.92. The van der Waals surface area contributed by atoms with E-state index in [4.69, 9.17) is 39.5 Å². The smallest absolute Gasteiger partial charge is 0.273 e. The summed E-state index contributed by atoms with van der Waals surface area (Å²) in [4.78, 5) is 39.2. The molecule has 3 rings (SSSR count). The Kier molecular flexibility index (Phi) is 11.4. The lowest BCUT2D eigenvalue weighted by Crippen LogP contribution is -2.54. The number of anilines is 1. The van der Waals surface area contributed by atoms with Crippen LogP contribution < -0.4 is 14.4 Å². The average Bonchev–Trinajstić information content (AvgIpc) is 2.94. The van der Waals surface area contributed by atoms with Crippen LogP contribution in [0.4, 0.5) is 11.4 Å². The molecule has 45 heavy (non-hydrogen) atoms. The summed E-state index contributed by atoms with van der Waals surface area (Å²) in [7, 11) is -3.36. The zero-order valence-electron chi connectivity index (χ0n) is 25.4. The van der Waals surface area contributed by atoms with Gasteiger partial charge >= 0.3 is 0 Å². The second-order valence-corrected chi connectivity index (χ2v) is 14.3. The second-order valence-electron chi connectivity index (χ2n) is 11.2.